The van der Waals surface area contributed by atoms with E-state index in [-0.39, 0.29) is 6.61 Å². The number of ether oxygens (including phenoxy) is 2. The fourth-order valence-corrected chi connectivity index (χ4v) is 0.987. The van der Waals surface area contributed by atoms with Gasteiger partial charge in [-0.1, -0.05) is 0 Å². The van der Waals surface area contributed by atoms with Crippen LogP contribution in [0.15, 0.2) is 0 Å². The highest BCUT2D eigenvalue weighted by molar-refractivity contribution is 4.81. The Balaban J connectivity index is 2.52. The predicted molar refractivity (Wildman–Crippen MR) is 34.8 cm³/mol. The van der Waals surface area contributed by atoms with Crippen molar-refractivity contribution in [2.24, 2.45) is 0 Å². The van der Waals surface area contributed by atoms with Crippen LogP contribution >= 0.6 is 0 Å². The van der Waals surface area contributed by atoms with Gasteiger partial charge in [0, 0.05) is 7.11 Å². The number of methoxy groups -OCH3 is 1. The third kappa shape index (κ3) is 1.69. The highest BCUT2D eigenvalue weighted by atomic mass is 16.7. The molecule has 0 bridgehead atoms. The minimum atomic E-state index is -1.19. The highest BCUT2D eigenvalue weighted by Gasteiger charge is 2.37. The third-order valence-electron chi connectivity index (χ3n) is 1.69. The summed E-state index contributed by atoms with van der Waals surface area (Å²) >= 11 is 0. The molecule has 1 saturated heterocycles. The molecule has 0 spiro atoms. The Bertz CT molecular complexity index is 126. The molecule has 1 rings (SSSR count). The van der Waals surface area contributed by atoms with Crippen LogP contribution in [0.25, 0.3) is 0 Å². The molecule has 3 unspecified atom stereocenters. The Kier molecular flexibility index (Phi) is 2.80. The molecule has 0 aromatic carbocycles. The summed E-state index contributed by atoms with van der Waals surface area (Å²) in [5.41, 5.74) is 0. The van der Waals surface area contributed by atoms with Crippen LogP contribution < -0.4 is 0 Å². The van der Waals surface area contributed by atoms with Crippen LogP contribution in [0.4, 0.5) is 0 Å². The van der Waals surface area contributed by atoms with Crippen LogP contribution in [-0.2, 0) is 9.47 Å². The van der Waals surface area contributed by atoms with Gasteiger partial charge in [-0.25, -0.2) is 0 Å². The number of hydrogen-bond acceptors (Lipinski definition) is 5. The Morgan fingerprint density at radius 1 is 1.27 bits per heavy atom. The first-order valence-corrected chi connectivity index (χ1v) is 3.35. The smallest absolute Gasteiger partial charge is 0.185 e. The third-order valence-corrected chi connectivity index (χ3v) is 1.69. The largest absolute Gasteiger partial charge is 0.388 e. The average molecular weight is 164 g/mol. The zero-order valence-corrected chi connectivity index (χ0v) is 6.17. The summed E-state index contributed by atoms with van der Waals surface area (Å²) in [5.74, 6) is 0. The normalized spacial score (nSPS) is 45.8. The van der Waals surface area contributed by atoms with E-state index in [4.69, 9.17) is 20.1 Å². The molecule has 0 aromatic heterocycles. The molecule has 1 heterocycles. The molecule has 5 heteroatoms. The molecular formula is C6H12O5. The van der Waals surface area contributed by atoms with E-state index in [1.807, 2.05) is 0 Å². The first kappa shape index (κ1) is 8.89. The van der Waals surface area contributed by atoms with Crippen molar-refractivity contribution in [3.05, 3.63) is 0 Å². The average Bonchev–Trinajstić information content (AvgIpc) is 2.01. The Labute approximate surface area is 64.2 Å². The number of aliphatic hydroxyl groups is 3. The van der Waals surface area contributed by atoms with Crippen LogP contribution in [-0.4, -0.2) is 53.6 Å². The predicted octanol–water partition coefficient (Wildman–Crippen LogP) is -1.93. The van der Waals surface area contributed by atoms with Crippen molar-refractivity contribution in [3.8, 4) is 0 Å². The van der Waals surface area contributed by atoms with Gasteiger partial charge in [-0.15, -0.1) is 0 Å². The maximum atomic E-state index is 9.15. The fourth-order valence-electron chi connectivity index (χ4n) is 0.987. The maximum Gasteiger partial charge on any atom is 0.185 e. The second-order valence-electron chi connectivity index (χ2n) is 2.49. The van der Waals surface area contributed by atoms with Crippen molar-refractivity contribution >= 4 is 0 Å². The van der Waals surface area contributed by atoms with Gasteiger partial charge >= 0.3 is 0 Å². The lowest BCUT2D eigenvalue weighted by Crippen LogP contribution is -2.53. The molecular weight excluding hydrogens is 152 g/mol. The van der Waals surface area contributed by atoms with Crippen molar-refractivity contribution in [2.45, 2.75) is 24.6 Å². The molecule has 5 nitrogen and oxygen atoms in total. The molecule has 3 N–H and O–H groups in total. The molecule has 0 amide bonds. The van der Waals surface area contributed by atoms with Gasteiger partial charge in [0.05, 0.1) is 6.61 Å². The Morgan fingerprint density at radius 3 is 2.45 bits per heavy atom. The van der Waals surface area contributed by atoms with Gasteiger partial charge in [0.25, 0.3) is 0 Å². The van der Waals surface area contributed by atoms with Crippen LogP contribution in [0.3, 0.4) is 0 Å². The summed E-state index contributed by atoms with van der Waals surface area (Å²) in [4.78, 5) is 0. The van der Waals surface area contributed by atoms with Crippen LogP contribution in [0.2, 0.25) is 0 Å². The van der Waals surface area contributed by atoms with E-state index in [9.17, 15) is 0 Å². The zero-order chi connectivity index (χ0) is 8.43. The summed E-state index contributed by atoms with van der Waals surface area (Å²) in [7, 11) is 1.36. The molecule has 0 radical (unpaired) electrons. The molecule has 0 aliphatic carbocycles. The molecule has 11 heavy (non-hydrogen) atoms. The van der Waals surface area contributed by atoms with E-state index in [0.29, 0.717) is 0 Å². The monoisotopic (exact) mass is 164 g/mol. The van der Waals surface area contributed by atoms with Crippen molar-refractivity contribution in [1.82, 2.24) is 0 Å². The minimum Gasteiger partial charge on any atom is -0.388 e. The lowest BCUT2D eigenvalue weighted by atomic mass is 10.1. The molecule has 66 valence electrons. The standard InChI is InChI=1S/C6H12O5/c1-10-6-5(9)4(8)3(7)2-11-6/h3-9H,2H2,1H3/t3?,4-,5?,6?/m0/s1. The van der Waals surface area contributed by atoms with Gasteiger partial charge in [-0.3, -0.25) is 0 Å². The van der Waals surface area contributed by atoms with Gasteiger partial charge in [0.15, 0.2) is 6.29 Å². The topological polar surface area (TPSA) is 79.2 Å². The van der Waals surface area contributed by atoms with Gasteiger partial charge < -0.3 is 24.8 Å². The van der Waals surface area contributed by atoms with Gasteiger partial charge in [-0.05, 0) is 0 Å². The van der Waals surface area contributed by atoms with Crippen LogP contribution in [0, 0.1) is 0 Å². The first-order chi connectivity index (χ1) is 5.16. The van der Waals surface area contributed by atoms with Crippen molar-refractivity contribution < 1.29 is 24.8 Å². The van der Waals surface area contributed by atoms with Gasteiger partial charge in [0.1, 0.15) is 18.3 Å². The van der Waals surface area contributed by atoms with Crippen molar-refractivity contribution in [2.75, 3.05) is 13.7 Å². The summed E-state index contributed by atoms with van der Waals surface area (Å²) in [6, 6.07) is 0. The molecule has 0 aromatic rings. The van der Waals surface area contributed by atoms with Crippen molar-refractivity contribution in [3.63, 3.8) is 0 Å². The second kappa shape index (κ2) is 3.46. The van der Waals surface area contributed by atoms with Crippen LogP contribution in [0.1, 0.15) is 0 Å². The second-order valence-corrected chi connectivity index (χ2v) is 2.49. The zero-order valence-electron chi connectivity index (χ0n) is 6.17. The van der Waals surface area contributed by atoms with Crippen molar-refractivity contribution in [1.29, 1.82) is 0 Å². The highest BCUT2D eigenvalue weighted by Crippen LogP contribution is 2.15. The quantitative estimate of drug-likeness (QED) is 0.420. The summed E-state index contributed by atoms with van der Waals surface area (Å²) in [6.45, 7) is -0.0171. The first-order valence-electron chi connectivity index (χ1n) is 3.35. The van der Waals surface area contributed by atoms with E-state index in [1.165, 1.54) is 7.11 Å². The molecule has 0 saturated carbocycles. The number of hydrogen-bond donors (Lipinski definition) is 3. The molecule has 4 atom stereocenters. The maximum absolute atomic E-state index is 9.15. The lowest BCUT2D eigenvalue weighted by Gasteiger charge is -2.33. The number of rotatable bonds is 1. The molecule has 1 fully saturated rings. The fraction of sp³-hybridized carbons (Fsp3) is 1.00. The van der Waals surface area contributed by atoms with Gasteiger partial charge in [-0.2, -0.15) is 0 Å². The van der Waals surface area contributed by atoms with Crippen LogP contribution in [0.5, 0.6) is 0 Å². The van der Waals surface area contributed by atoms with E-state index in [0.717, 1.165) is 0 Å². The number of aliphatic hydroxyl groups excluding tert-OH is 3. The molecule has 1 aliphatic rings. The summed E-state index contributed by atoms with van der Waals surface area (Å²) in [5, 5.41) is 27.2. The Hall–Kier alpha value is -0.200. The summed E-state index contributed by atoms with van der Waals surface area (Å²) < 4.78 is 9.52. The summed E-state index contributed by atoms with van der Waals surface area (Å²) in [6.07, 6.45) is -4.23. The lowest BCUT2D eigenvalue weighted by molar-refractivity contribution is -0.261. The Morgan fingerprint density at radius 2 is 1.91 bits per heavy atom. The van der Waals surface area contributed by atoms with E-state index in [2.05, 4.69) is 4.74 Å². The van der Waals surface area contributed by atoms with E-state index in [1.54, 1.807) is 0 Å². The van der Waals surface area contributed by atoms with E-state index >= 15 is 0 Å². The SMILES string of the molecule is COC1OCC(O)[C@H](O)C1O. The molecule has 1 aliphatic heterocycles. The van der Waals surface area contributed by atoms with E-state index < -0.39 is 24.6 Å². The van der Waals surface area contributed by atoms with Gasteiger partial charge in [0.2, 0.25) is 0 Å². The minimum absolute atomic E-state index is 0.0171.